The molecule has 1 heterocycles. The number of ether oxygens (including phenoxy) is 2. The van der Waals surface area contributed by atoms with Crippen LogP contribution in [0.15, 0.2) is 0 Å². The Balaban J connectivity index is 1.99. The molecule has 1 saturated carbocycles. The van der Waals surface area contributed by atoms with Gasteiger partial charge in [-0.1, -0.05) is 0 Å². The van der Waals surface area contributed by atoms with Crippen LogP contribution >= 0.6 is 11.8 Å². The molecule has 0 aromatic carbocycles. The fraction of sp³-hybridized carbons (Fsp3) is 1.00. The van der Waals surface area contributed by atoms with Gasteiger partial charge in [0.05, 0.1) is 17.5 Å². The van der Waals surface area contributed by atoms with Crippen molar-refractivity contribution in [1.82, 2.24) is 0 Å². The van der Waals surface area contributed by atoms with Crippen LogP contribution in [0.5, 0.6) is 0 Å². The molecule has 1 aliphatic carbocycles. The zero-order valence-electron chi connectivity index (χ0n) is 9.70. The van der Waals surface area contributed by atoms with E-state index in [1.54, 1.807) is 26.0 Å². The molecule has 1 saturated heterocycles. The van der Waals surface area contributed by atoms with Gasteiger partial charge in [-0.3, -0.25) is 0 Å². The summed E-state index contributed by atoms with van der Waals surface area (Å²) < 4.78 is 10.9. The number of hydrogen-bond donors (Lipinski definition) is 2. The lowest BCUT2D eigenvalue weighted by molar-refractivity contribution is -0.0714. The lowest BCUT2D eigenvalue weighted by Crippen LogP contribution is -2.41. The highest BCUT2D eigenvalue weighted by atomic mass is 32.2. The van der Waals surface area contributed by atoms with Crippen LogP contribution in [-0.4, -0.2) is 53.4 Å². The van der Waals surface area contributed by atoms with E-state index in [0.717, 1.165) is 19.3 Å². The largest absolute Gasteiger partial charge is 0.379 e. The Morgan fingerprint density at radius 3 is 2.25 bits per heavy atom. The number of aliphatic hydroxyl groups is 2. The molecule has 2 aliphatic rings. The summed E-state index contributed by atoms with van der Waals surface area (Å²) in [5.41, 5.74) is 0. The fourth-order valence-electron chi connectivity index (χ4n) is 2.86. The van der Waals surface area contributed by atoms with Crippen LogP contribution in [0.25, 0.3) is 0 Å². The predicted molar refractivity (Wildman–Crippen MR) is 62.3 cm³/mol. The number of methoxy groups -OCH3 is 2. The van der Waals surface area contributed by atoms with Crippen LogP contribution in [0.1, 0.15) is 19.3 Å². The van der Waals surface area contributed by atoms with E-state index >= 15 is 0 Å². The van der Waals surface area contributed by atoms with Crippen molar-refractivity contribution >= 4 is 11.8 Å². The second kappa shape index (κ2) is 5.23. The highest BCUT2D eigenvalue weighted by Crippen LogP contribution is 2.47. The molecule has 94 valence electrons. The average Bonchev–Trinajstić information content (AvgIpc) is 2.69. The van der Waals surface area contributed by atoms with Crippen LogP contribution in [0, 0.1) is 5.92 Å². The maximum Gasteiger partial charge on any atom is 0.163 e. The van der Waals surface area contributed by atoms with Crippen molar-refractivity contribution in [2.45, 2.75) is 48.3 Å². The normalized spacial score (nSPS) is 43.7. The summed E-state index contributed by atoms with van der Waals surface area (Å²) in [6.45, 7) is 0. The molecule has 4 nitrogen and oxygen atoms in total. The third kappa shape index (κ3) is 2.38. The molecule has 1 aliphatic heterocycles. The van der Waals surface area contributed by atoms with Crippen LogP contribution in [-0.2, 0) is 9.47 Å². The lowest BCUT2D eigenvalue weighted by Gasteiger charge is -2.36. The predicted octanol–water partition coefficient (Wildman–Crippen LogP) is 0.611. The average molecular weight is 248 g/mol. The first-order valence-corrected chi connectivity index (χ1v) is 6.67. The van der Waals surface area contributed by atoms with E-state index < -0.39 is 6.29 Å². The molecular weight excluding hydrogens is 228 g/mol. The fourth-order valence-corrected chi connectivity index (χ4v) is 4.55. The molecule has 0 radical (unpaired) electrons. The molecule has 0 bridgehead atoms. The molecule has 5 unspecified atom stereocenters. The Morgan fingerprint density at radius 1 is 1.06 bits per heavy atom. The number of rotatable bonds is 3. The van der Waals surface area contributed by atoms with Crippen molar-refractivity contribution in [3.05, 3.63) is 0 Å². The minimum absolute atomic E-state index is 0.0388. The molecule has 0 aromatic rings. The van der Waals surface area contributed by atoms with Gasteiger partial charge in [-0.15, -0.1) is 11.8 Å². The number of aliphatic hydroxyl groups excluding tert-OH is 1. The second-order valence-corrected chi connectivity index (χ2v) is 6.13. The Labute approximate surface area is 100 Å². The van der Waals surface area contributed by atoms with Gasteiger partial charge in [0, 0.05) is 19.5 Å². The van der Waals surface area contributed by atoms with E-state index in [2.05, 4.69) is 0 Å². The Morgan fingerprint density at radius 2 is 1.69 bits per heavy atom. The molecule has 5 heteroatoms. The van der Waals surface area contributed by atoms with Gasteiger partial charge in [0.15, 0.2) is 6.29 Å². The summed E-state index contributed by atoms with van der Waals surface area (Å²) in [7, 11) is 3.44. The van der Waals surface area contributed by atoms with E-state index in [-0.39, 0.29) is 17.5 Å². The number of thioether (sulfide) groups is 1. The minimum Gasteiger partial charge on any atom is -0.379 e. The highest BCUT2D eigenvalue weighted by Gasteiger charge is 2.45. The smallest absolute Gasteiger partial charge is 0.163 e. The first kappa shape index (κ1) is 12.6. The van der Waals surface area contributed by atoms with E-state index in [1.165, 1.54) is 0 Å². The van der Waals surface area contributed by atoms with Crippen molar-refractivity contribution in [1.29, 1.82) is 0 Å². The monoisotopic (exact) mass is 248 g/mol. The van der Waals surface area contributed by atoms with Crippen molar-refractivity contribution in [2.24, 2.45) is 5.92 Å². The third-order valence-corrected chi connectivity index (χ3v) is 5.48. The first-order chi connectivity index (χ1) is 7.65. The molecule has 0 amide bonds. The van der Waals surface area contributed by atoms with Crippen molar-refractivity contribution < 1.29 is 19.7 Å². The van der Waals surface area contributed by atoms with Crippen LogP contribution in [0.3, 0.4) is 0 Å². The summed E-state index contributed by atoms with van der Waals surface area (Å²) in [6.07, 6.45) is 1.90. The molecular formula is C11H20O4S. The molecule has 2 rings (SSSR count). The summed E-state index contributed by atoms with van der Waals surface area (Å²) in [5, 5.41) is 18.9. The summed E-state index contributed by atoms with van der Waals surface area (Å²) >= 11 is 1.70. The van der Waals surface area contributed by atoms with Crippen molar-refractivity contribution in [3.8, 4) is 0 Å². The van der Waals surface area contributed by atoms with Gasteiger partial charge in [-0.05, 0) is 25.2 Å². The van der Waals surface area contributed by atoms with Gasteiger partial charge < -0.3 is 19.7 Å². The summed E-state index contributed by atoms with van der Waals surface area (Å²) in [6, 6.07) is 0. The molecule has 16 heavy (non-hydrogen) atoms. The number of hydrogen-bond acceptors (Lipinski definition) is 5. The van der Waals surface area contributed by atoms with Gasteiger partial charge >= 0.3 is 0 Å². The summed E-state index contributed by atoms with van der Waals surface area (Å²) in [4.78, 5) is 0. The Kier molecular flexibility index (Phi) is 4.13. The van der Waals surface area contributed by atoms with Crippen LogP contribution < -0.4 is 0 Å². The Bertz CT molecular complexity index is 216. The molecule has 2 N–H and O–H groups in total. The van der Waals surface area contributed by atoms with E-state index in [1.807, 2.05) is 0 Å². The highest BCUT2D eigenvalue weighted by molar-refractivity contribution is 8.00. The van der Waals surface area contributed by atoms with E-state index in [9.17, 15) is 10.2 Å². The van der Waals surface area contributed by atoms with Crippen LogP contribution in [0.4, 0.5) is 0 Å². The van der Waals surface area contributed by atoms with Crippen LogP contribution in [0.2, 0.25) is 0 Å². The zero-order chi connectivity index (χ0) is 11.7. The molecule has 0 aromatic heterocycles. The van der Waals surface area contributed by atoms with E-state index in [4.69, 9.17) is 9.47 Å². The lowest BCUT2D eigenvalue weighted by atomic mass is 9.82. The molecule has 5 atom stereocenters. The topological polar surface area (TPSA) is 58.9 Å². The van der Waals surface area contributed by atoms with Crippen molar-refractivity contribution in [2.75, 3.05) is 14.2 Å². The Hall–Kier alpha value is 0.190. The summed E-state index contributed by atoms with van der Waals surface area (Å²) in [5.74, 6) is 0.535. The van der Waals surface area contributed by atoms with Gasteiger partial charge in [0.1, 0.15) is 0 Å². The standard InChI is InChI=1S/C11H20O4S/c1-14-7-3-6-4-10(11(12)13)16-9(6)5-8(7)15-2/h6-13H,3-5H2,1-2H3. The number of fused-ring (bicyclic) bond motifs is 1. The third-order valence-electron chi connectivity index (χ3n) is 3.76. The van der Waals surface area contributed by atoms with Gasteiger partial charge in [0.2, 0.25) is 0 Å². The van der Waals surface area contributed by atoms with E-state index in [0.29, 0.717) is 11.2 Å². The van der Waals surface area contributed by atoms with Gasteiger partial charge in [-0.2, -0.15) is 0 Å². The quantitative estimate of drug-likeness (QED) is 0.717. The maximum absolute atomic E-state index is 9.22. The van der Waals surface area contributed by atoms with Gasteiger partial charge in [0.25, 0.3) is 0 Å². The van der Waals surface area contributed by atoms with Crippen molar-refractivity contribution in [3.63, 3.8) is 0 Å². The molecule has 2 fully saturated rings. The van der Waals surface area contributed by atoms with Gasteiger partial charge in [-0.25, -0.2) is 0 Å². The maximum atomic E-state index is 9.22. The first-order valence-electron chi connectivity index (χ1n) is 5.73. The second-order valence-electron chi connectivity index (χ2n) is 4.64. The zero-order valence-corrected chi connectivity index (χ0v) is 10.5. The SMILES string of the molecule is COC1CC2CC(C(O)O)SC2CC1OC. The molecule has 0 spiro atoms. The minimum atomic E-state index is -1.20.